The quantitative estimate of drug-likeness (QED) is 0.236. The maximum absolute atomic E-state index is 12.5. The van der Waals surface area contributed by atoms with E-state index < -0.39 is 0 Å². The number of carbonyl (C=O) groups excluding carboxylic acids is 1. The number of aliphatic imine (C=N–C) groups is 1. The molecule has 0 radical (unpaired) electrons. The van der Waals surface area contributed by atoms with E-state index in [9.17, 15) is 4.79 Å². The number of hydrogen-bond acceptors (Lipinski definition) is 5. The number of nitrogens with one attached hydrogen (secondary N) is 1. The van der Waals surface area contributed by atoms with Crippen molar-refractivity contribution in [1.82, 2.24) is 20.0 Å². The van der Waals surface area contributed by atoms with E-state index in [0.717, 1.165) is 44.2 Å². The number of amides is 1. The lowest BCUT2D eigenvalue weighted by atomic mass is 10.3. The number of methoxy groups -OCH3 is 1. The minimum Gasteiger partial charge on any atom is -0.382 e. The van der Waals surface area contributed by atoms with Gasteiger partial charge in [0.25, 0.3) is 0 Å². The minimum absolute atomic E-state index is 0. The molecule has 1 fully saturated rings. The molecule has 1 aromatic heterocycles. The molecule has 0 spiro atoms. The van der Waals surface area contributed by atoms with Crippen LogP contribution in [-0.4, -0.2) is 86.7 Å². The lowest BCUT2D eigenvalue weighted by Gasteiger charge is -2.35. The molecule has 1 N–H and O–H groups in total. The molecule has 2 heterocycles. The number of ether oxygens (including phenoxy) is 2. The highest BCUT2D eigenvalue weighted by Gasteiger charge is 2.27. The summed E-state index contributed by atoms with van der Waals surface area (Å²) in [6.45, 7) is 4.47. The van der Waals surface area contributed by atoms with Crippen molar-refractivity contribution in [3.05, 3.63) is 12.4 Å². The molecule has 1 amide bonds. The number of anilines is 1. The normalized spacial score (nSPS) is 15.1. The van der Waals surface area contributed by atoms with Crippen molar-refractivity contribution in [2.75, 3.05) is 65.1 Å². The molecule has 154 valence electrons. The van der Waals surface area contributed by atoms with Crippen LogP contribution in [0.25, 0.3) is 0 Å². The van der Waals surface area contributed by atoms with E-state index in [1.54, 1.807) is 29.9 Å². The molecule has 1 aromatic rings. The zero-order valence-electron chi connectivity index (χ0n) is 16.4. The number of guanidine groups is 1. The van der Waals surface area contributed by atoms with Crippen molar-refractivity contribution in [2.45, 2.75) is 12.8 Å². The van der Waals surface area contributed by atoms with Gasteiger partial charge in [0.2, 0.25) is 5.91 Å². The second-order valence-electron chi connectivity index (χ2n) is 6.13. The van der Waals surface area contributed by atoms with Crippen LogP contribution in [0.3, 0.4) is 0 Å². The number of halogens is 1. The van der Waals surface area contributed by atoms with E-state index >= 15 is 0 Å². The van der Waals surface area contributed by atoms with Crippen molar-refractivity contribution < 1.29 is 14.3 Å². The Morgan fingerprint density at radius 3 is 2.74 bits per heavy atom. The molecular formula is C17H31IN6O3. The smallest absolute Gasteiger partial charge is 0.246 e. The Hall–Kier alpha value is -1.40. The van der Waals surface area contributed by atoms with Crippen molar-refractivity contribution in [3.63, 3.8) is 0 Å². The summed E-state index contributed by atoms with van der Waals surface area (Å²) >= 11 is 0. The van der Waals surface area contributed by atoms with Gasteiger partial charge in [-0.25, -0.2) is 0 Å². The molecule has 1 aliphatic rings. The highest BCUT2D eigenvalue weighted by atomic mass is 127. The first kappa shape index (κ1) is 23.6. The van der Waals surface area contributed by atoms with E-state index in [-0.39, 0.29) is 29.9 Å². The standard InChI is InChI=1S/C17H30N6O3.HI/c1-18-17(19-6-4-5-9-26-11-10-25-3)22-7-8-23(16(24)14-22)15-12-20-21(2)13-15;/h12-13H,4-11,14H2,1-3H3,(H,18,19);1H. The average Bonchev–Trinajstić information content (AvgIpc) is 3.06. The SMILES string of the molecule is CN=C(NCCCCOCCOC)N1CCN(c2cnn(C)c2)C(=O)C1.I. The molecule has 0 atom stereocenters. The van der Waals surface area contributed by atoms with E-state index in [4.69, 9.17) is 9.47 Å². The Morgan fingerprint density at radius 2 is 2.11 bits per heavy atom. The number of hydrogen-bond donors (Lipinski definition) is 1. The van der Waals surface area contributed by atoms with Gasteiger partial charge >= 0.3 is 0 Å². The van der Waals surface area contributed by atoms with Gasteiger partial charge in [0.05, 0.1) is 25.1 Å². The summed E-state index contributed by atoms with van der Waals surface area (Å²) in [5.74, 6) is 0.822. The van der Waals surface area contributed by atoms with Crippen LogP contribution < -0.4 is 10.2 Å². The minimum atomic E-state index is 0. The van der Waals surface area contributed by atoms with Gasteiger partial charge in [0, 0.05) is 53.6 Å². The van der Waals surface area contributed by atoms with E-state index in [1.807, 2.05) is 18.1 Å². The average molecular weight is 494 g/mol. The zero-order valence-corrected chi connectivity index (χ0v) is 18.7. The van der Waals surface area contributed by atoms with Gasteiger partial charge in [-0.15, -0.1) is 24.0 Å². The van der Waals surface area contributed by atoms with Crippen molar-refractivity contribution in [2.24, 2.45) is 12.0 Å². The van der Waals surface area contributed by atoms with Gasteiger partial charge in [-0.2, -0.15) is 5.10 Å². The third-order valence-electron chi connectivity index (χ3n) is 4.17. The Labute approximate surface area is 178 Å². The second-order valence-corrected chi connectivity index (χ2v) is 6.13. The van der Waals surface area contributed by atoms with Crippen LogP contribution in [0.2, 0.25) is 0 Å². The van der Waals surface area contributed by atoms with Crippen molar-refractivity contribution in [3.8, 4) is 0 Å². The number of unbranched alkanes of at least 4 members (excludes halogenated alkanes) is 1. The summed E-state index contributed by atoms with van der Waals surface area (Å²) in [5.41, 5.74) is 0.841. The summed E-state index contributed by atoms with van der Waals surface area (Å²) < 4.78 is 12.1. The van der Waals surface area contributed by atoms with E-state index in [2.05, 4.69) is 15.4 Å². The molecule has 0 aliphatic carbocycles. The van der Waals surface area contributed by atoms with E-state index in [1.165, 1.54) is 0 Å². The van der Waals surface area contributed by atoms with Crippen molar-refractivity contribution >= 4 is 41.5 Å². The molecule has 1 aliphatic heterocycles. The van der Waals surface area contributed by atoms with Crippen LogP contribution in [0.4, 0.5) is 5.69 Å². The van der Waals surface area contributed by atoms with E-state index in [0.29, 0.717) is 26.3 Å². The number of piperazine rings is 1. The molecular weight excluding hydrogens is 463 g/mol. The van der Waals surface area contributed by atoms with Gasteiger partial charge in [0.1, 0.15) is 6.54 Å². The van der Waals surface area contributed by atoms with Crippen LogP contribution in [0.5, 0.6) is 0 Å². The molecule has 9 nitrogen and oxygen atoms in total. The fourth-order valence-electron chi connectivity index (χ4n) is 2.78. The van der Waals surface area contributed by atoms with Crippen LogP contribution in [0.1, 0.15) is 12.8 Å². The topological polar surface area (TPSA) is 84.2 Å². The predicted octanol–water partition coefficient (Wildman–Crippen LogP) is 0.705. The predicted molar refractivity (Wildman–Crippen MR) is 116 cm³/mol. The first-order valence-corrected chi connectivity index (χ1v) is 8.97. The molecule has 0 bridgehead atoms. The lowest BCUT2D eigenvalue weighted by molar-refractivity contribution is -0.120. The van der Waals surface area contributed by atoms with Crippen LogP contribution in [0, 0.1) is 0 Å². The highest BCUT2D eigenvalue weighted by molar-refractivity contribution is 14.0. The molecule has 0 saturated carbocycles. The first-order chi connectivity index (χ1) is 12.7. The zero-order chi connectivity index (χ0) is 18.8. The first-order valence-electron chi connectivity index (χ1n) is 8.97. The van der Waals surface area contributed by atoms with Gasteiger partial charge in [-0.3, -0.25) is 14.5 Å². The maximum atomic E-state index is 12.5. The number of aromatic nitrogens is 2. The van der Waals surface area contributed by atoms with Crippen LogP contribution in [-0.2, 0) is 21.3 Å². The van der Waals surface area contributed by atoms with Crippen molar-refractivity contribution in [1.29, 1.82) is 0 Å². The van der Waals surface area contributed by atoms with Crippen LogP contribution >= 0.6 is 24.0 Å². The summed E-state index contributed by atoms with van der Waals surface area (Å²) in [4.78, 5) is 20.5. The third kappa shape index (κ3) is 7.62. The molecule has 0 aromatic carbocycles. The Morgan fingerprint density at radius 1 is 1.30 bits per heavy atom. The Bertz CT molecular complexity index is 595. The molecule has 27 heavy (non-hydrogen) atoms. The summed E-state index contributed by atoms with van der Waals surface area (Å²) in [7, 11) is 5.26. The maximum Gasteiger partial charge on any atom is 0.246 e. The van der Waals surface area contributed by atoms with Gasteiger partial charge in [-0.05, 0) is 12.8 Å². The summed E-state index contributed by atoms with van der Waals surface area (Å²) in [6, 6.07) is 0. The molecule has 0 unspecified atom stereocenters. The van der Waals surface area contributed by atoms with Gasteiger partial charge in [-0.1, -0.05) is 0 Å². The van der Waals surface area contributed by atoms with Gasteiger partial charge < -0.3 is 24.6 Å². The number of rotatable bonds is 9. The molecule has 10 heteroatoms. The fraction of sp³-hybridized carbons (Fsp3) is 0.706. The second kappa shape index (κ2) is 12.9. The molecule has 2 rings (SSSR count). The van der Waals surface area contributed by atoms with Gasteiger partial charge in [0.15, 0.2) is 5.96 Å². The van der Waals surface area contributed by atoms with Crippen LogP contribution in [0.15, 0.2) is 17.4 Å². The number of aryl methyl sites for hydroxylation is 1. The summed E-state index contributed by atoms with van der Waals surface area (Å²) in [5, 5.41) is 7.46. The molecule has 1 saturated heterocycles. The third-order valence-corrected chi connectivity index (χ3v) is 4.17. The Balaban J connectivity index is 0.00000364. The number of carbonyl (C=O) groups is 1. The highest BCUT2D eigenvalue weighted by Crippen LogP contribution is 2.15. The largest absolute Gasteiger partial charge is 0.382 e. The monoisotopic (exact) mass is 494 g/mol. The fourth-order valence-corrected chi connectivity index (χ4v) is 2.78. The number of nitrogens with zero attached hydrogens (tertiary/aromatic N) is 5. The lowest BCUT2D eigenvalue weighted by Crippen LogP contribution is -2.55. The summed E-state index contributed by atoms with van der Waals surface area (Å²) in [6.07, 6.45) is 5.53. The Kier molecular flexibility index (Phi) is 11.3.